The van der Waals surface area contributed by atoms with E-state index in [1.54, 1.807) is 29.4 Å². The molecule has 0 unspecified atom stereocenters. The Bertz CT molecular complexity index is 823. The first kappa shape index (κ1) is 19.9. The number of amides is 1. The molecule has 4 nitrogen and oxygen atoms in total. The molecule has 0 heterocycles. The number of aliphatic imine (C=N–C) groups is 1. The van der Waals surface area contributed by atoms with Crippen LogP contribution in [0, 0.1) is 12.7 Å². The number of halogens is 2. The first-order valence-electron chi connectivity index (χ1n) is 8.39. The zero-order chi connectivity index (χ0) is 19.3. The molecule has 0 aliphatic carbocycles. The number of carbonyl (C=O) groups is 1. The second kappa shape index (κ2) is 8.81. The number of rotatable bonds is 6. The van der Waals surface area contributed by atoms with E-state index in [0.717, 1.165) is 12.1 Å². The standard InChI is InChI=1S/C20H23ClFN3O/c1-5-24(4)13-23-19-9-14(2)20(11-18(19)21)25(15(3)26)12-16-7-6-8-17(22)10-16/h6-11,13H,5,12H2,1-4H3/b23-13+. The molecule has 1 amide bonds. The zero-order valence-electron chi connectivity index (χ0n) is 15.5. The normalized spacial score (nSPS) is 11.0. The first-order valence-corrected chi connectivity index (χ1v) is 8.76. The van der Waals surface area contributed by atoms with Gasteiger partial charge in [-0.1, -0.05) is 23.7 Å². The molecule has 6 heteroatoms. The van der Waals surface area contributed by atoms with E-state index < -0.39 is 0 Å². The summed E-state index contributed by atoms with van der Waals surface area (Å²) in [6, 6.07) is 9.80. The molecule has 0 aromatic heterocycles. The number of carbonyl (C=O) groups excluding carboxylic acids is 1. The second-order valence-electron chi connectivity index (χ2n) is 6.14. The SMILES string of the molecule is CCN(C)/C=N/c1cc(C)c(N(Cc2cccc(F)c2)C(C)=O)cc1Cl. The van der Waals surface area contributed by atoms with Gasteiger partial charge in [-0.25, -0.2) is 9.38 Å². The quantitative estimate of drug-likeness (QED) is 0.529. The molecular formula is C20H23ClFN3O. The fraction of sp³-hybridized carbons (Fsp3) is 0.300. The van der Waals surface area contributed by atoms with Crippen molar-refractivity contribution in [3.63, 3.8) is 0 Å². The van der Waals surface area contributed by atoms with Crippen LogP contribution < -0.4 is 4.90 Å². The maximum Gasteiger partial charge on any atom is 0.224 e. The van der Waals surface area contributed by atoms with E-state index in [2.05, 4.69) is 4.99 Å². The average Bonchev–Trinajstić information content (AvgIpc) is 2.59. The van der Waals surface area contributed by atoms with Crippen LogP contribution in [-0.4, -0.2) is 30.7 Å². The summed E-state index contributed by atoms with van der Waals surface area (Å²) in [5.41, 5.74) is 2.91. The molecule has 0 aliphatic heterocycles. The number of aryl methyl sites for hydroxylation is 1. The van der Waals surface area contributed by atoms with Gasteiger partial charge in [-0.3, -0.25) is 4.79 Å². The molecule has 0 spiro atoms. The Morgan fingerprint density at radius 3 is 2.65 bits per heavy atom. The highest BCUT2D eigenvalue weighted by atomic mass is 35.5. The number of anilines is 1. The summed E-state index contributed by atoms with van der Waals surface area (Å²) in [4.78, 5) is 20.1. The lowest BCUT2D eigenvalue weighted by molar-refractivity contribution is -0.116. The van der Waals surface area contributed by atoms with Crippen LogP contribution in [0.25, 0.3) is 0 Å². The van der Waals surface area contributed by atoms with E-state index in [1.807, 2.05) is 31.9 Å². The maximum absolute atomic E-state index is 13.5. The van der Waals surface area contributed by atoms with Gasteiger partial charge in [0.2, 0.25) is 5.91 Å². The van der Waals surface area contributed by atoms with E-state index in [9.17, 15) is 9.18 Å². The topological polar surface area (TPSA) is 35.9 Å². The van der Waals surface area contributed by atoms with Crippen LogP contribution >= 0.6 is 11.6 Å². The van der Waals surface area contributed by atoms with Gasteiger partial charge in [0.1, 0.15) is 5.82 Å². The van der Waals surface area contributed by atoms with E-state index in [-0.39, 0.29) is 18.3 Å². The lowest BCUT2D eigenvalue weighted by Gasteiger charge is -2.24. The van der Waals surface area contributed by atoms with Crippen LogP contribution in [0.3, 0.4) is 0 Å². The molecule has 2 aromatic rings. The summed E-state index contributed by atoms with van der Waals surface area (Å²) in [5, 5.41) is 0.455. The summed E-state index contributed by atoms with van der Waals surface area (Å²) in [7, 11) is 1.93. The number of hydrogen-bond acceptors (Lipinski definition) is 2. The van der Waals surface area contributed by atoms with E-state index in [0.29, 0.717) is 22.0 Å². The van der Waals surface area contributed by atoms with Gasteiger partial charge in [-0.05, 0) is 49.2 Å². The average molecular weight is 376 g/mol. The van der Waals surface area contributed by atoms with Gasteiger partial charge >= 0.3 is 0 Å². The number of hydrogen-bond donors (Lipinski definition) is 0. The third-order valence-corrected chi connectivity index (χ3v) is 4.36. The van der Waals surface area contributed by atoms with E-state index >= 15 is 0 Å². The molecule has 0 fully saturated rings. The van der Waals surface area contributed by atoms with Crippen molar-refractivity contribution >= 4 is 35.2 Å². The Kier molecular flexibility index (Phi) is 6.75. The van der Waals surface area contributed by atoms with E-state index in [4.69, 9.17) is 11.6 Å². The van der Waals surface area contributed by atoms with Crippen molar-refractivity contribution in [3.8, 4) is 0 Å². The first-order chi connectivity index (χ1) is 12.3. The fourth-order valence-electron chi connectivity index (χ4n) is 2.47. The van der Waals surface area contributed by atoms with Crippen LogP contribution in [0.2, 0.25) is 5.02 Å². The molecular weight excluding hydrogens is 353 g/mol. The van der Waals surface area contributed by atoms with Gasteiger partial charge in [-0.15, -0.1) is 0 Å². The van der Waals surface area contributed by atoms with Crippen molar-refractivity contribution in [2.24, 2.45) is 4.99 Å². The fourth-order valence-corrected chi connectivity index (χ4v) is 2.68. The van der Waals surface area contributed by atoms with Gasteiger partial charge < -0.3 is 9.80 Å². The summed E-state index contributed by atoms with van der Waals surface area (Å²) < 4.78 is 13.5. The maximum atomic E-state index is 13.5. The summed E-state index contributed by atoms with van der Waals surface area (Å²) in [6.07, 6.45) is 1.72. The third kappa shape index (κ3) is 5.05. The molecule has 2 rings (SSSR count). The van der Waals surface area contributed by atoms with Gasteiger partial charge in [0, 0.05) is 26.2 Å². The smallest absolute Gasteiger partial charge is 0.224 e. The summed E-state index contributed by atoms with van der Waals surface area (Å²) in [5.74, 6) is -0.471. The van der Waals surface area contributed by atoms with Crippen LogP contribution in [0.1, 0.15) is 25.0 Å². The van der Waals surface area contributed by atoms with Crippen LogP contribution in [0.15, 0.2) is 41.4 Å². The predicted octanol–water partition coefficient (Wildman–Crippen LogP) is 4.95. The Hall–Kier alpha value is -2.40. The Morgan fingerprint density at radius 2 is 2.04 bits per heavy atom. The molecule has 0 atom stereocenters. The molecule has 0 aliphatic rings. The molecule has 2 aromatic carbocycles. The third-order valence-electron chi connectivity index (χ3n) is 4.06. The largest absolute Gasteiger partial charge is 0.366 e. The molecule has 138 valence electrons. The number of benzene rings is 2. The number of nitrogens with zero attached hydrogens (tertiary/aromatic N) is 3. The minimum Gasteiger partial charge on any atom is -0.366 e. The van der Waals surface area contributed by atoms with Crippen molar-refractivity contribution in [2.45, 2.75) is 27.3 Å². The van der Waals surface area contributed by atoms with Crippen molar-refractivity contribution in [1.82, 2.24) is 4.90 Å². The highest BCUT2D eigenvalue weighted by molar-refractivity contribution is 6.33. The minimum absolute atomic E-state index is 0.143. The Balaban J connectivity index is 2.36. The molecule has 26 heavy (non-hydrogen) atoms. The molecule has 0 bridgehead atoms. The summed E-state index contributed by atoms with van der Waals surface area (Å²) >= 11 is 6.37. The Morgan fingerprint density at radius 1 is 1.31 bits per heavy atom. The summed E-state index contributed by atoms with van der Waals surface area (Å²) in [6.45, 7) is 6.51. The molecule has 0 N–H and O–H groups in total. The van der Waals surface area contributed by atoms with Gasteiger partial charge in [0.25, 0.3) is 0 Å². The Labute approximate surface area is 158 Å². The minimum atomic E-state index is -0.328. The van der Waals surface area contributed by atoms with Crippen LogP contribution in [-0.2, 0) is 11.3 Å². The highest BCUT2D eigenvalue weighted by Crippen LogP contribution is 2.33. The van der Waals surface area contributed by atoms with Gasteiger partial charge in [0.15, 0.2) is 0 Å². The van der Waals surface area contributed by atoms with E-state index in [1.165, 1.54) is 19.1 Å². The van der Waals surface area contributed by atoms with Crippen LogP contribution in [0.4, 0.5) is 15.8 Å². The van der Waals surface area contributed by atoms with Gasteiger partial charge in [0.05, 0.1) is 23.6 Å². The lowest BCUT2D eigenvalue weighted by Crippen LogP contribution is -2.28. The molecule has 0 saturated carbocycles. The second-order valence-corrected chi connectivity index (χ2v) is 6.55. The van der Waals surface area contributed by atoms with Crippen molar-refractivity contribution in [1.29, 1.82) is 0 Å². The van der Waals surface area contributed by atoms with Crippen LogP contribution in [0.5, 0.6) is 0 Å². The molecule has 0 radical (unpaired) electrons. The molecule has 0 saturated heterocycles. The van der Waals surface area contributed by atoms with Gasteiger partial charge in [-0.2, -0.15) is 0 Å². The van der Waals surface area contributed by atoms with Crippen molar-refractivity contribution < 1.29 is 9.18 Å². The van der Waals surface area contributed by atoms with Crippen molar-refractivity contribution in [2.75, 3.05) is 18.5 Å². The van der Waals surface area contributed by atoms with Crippen molar-refractivity contribution in [3.05, 3.63) is 58.4 Å². The lowest BCUT2D eigenvalue weighted by atomic mass is 10.1. The highest BCUT2D eigenvalue weighted by Gasteiger charge is 2.17. The predicted molar refractivity (Wildman–Crippen MR) is 106 cm³/mol. The monoisotopic (exact) mass is 375 g/mol. The zero-order valence-corrected chi connectivity index (χ0v) is 16.2.